The Hall–Kier alpha value is -1.39. The zero-order chi connectivity index (χ0) is 13.0. The van der Waals surface area contributed by atoms with E-state index in [1.54, 1.807) is 0 Å². The number of nitrogens with two attached hydrogens (primary N) is 1. The average Bonchev–Trinajstić information content (AvgIpc) is 2.40. The van der Waals surface area contributed by atoms with E-state index in [1.807, 2.05) is 42.2 Å². The van der Waals surface area contributed by atoms with Crippen molar-refractivity contribution in [3.63, 3.8) is 0 Å². The fraction of sp³-hybridized carbons (Fsp3) is 0.500. The maximum absolute atomic E-state index is 12.2. The van der Waals surface area contributed by atoms with E-state index in [0.717, 1.165) is 5.56 Å². The summed E-state index contributed by atoms with van der Waals surface area (Å²) in [4.78, 5) is 14.0. The van der Waals surface area contributed by atoms with Gasteiger partial charge in [0.15, 0.2) is 0 Å². The molecule has 2 N–H and O–H groups in total. The van der Waals surface area contributed by atoms with Crippen molar-refractivity contribution in [3.05, 3.63) is 35.9 Å². The molecular formula is C14H20N2O2. The molecule has 0 spiro atoms. The summed E-state index contributed by atoms with van der Waals surface area (Å²) in [6, 6.07) is 9.67. The van der Waals surface area contributed by atoms with Crippen LogP contribution in [0.3, 0.4) is 0 Å². The molecule has 4 nitrogen and oxygen atoms in total. The summed E-state index contributed by atoms with van der Waals surface area (Å²) >= 11 is 0. The van der Waals surface area contributed by atoms with Gasteiger partial charge >= 0.3 is 0 Å². The third-order valence-electron chi connectivity index (χ3n) is 3.31. The topological polar surface area (TPSA) is 55.6 Å². The van der Waals surface area contributed by atoms with E-state index in [1.165, 1.54) is 0 Å². The molecule has 1 amide bonds. The number of ether oxygens (including phenoxy) is 1. The largest absolute Gasteiger partial charge is 0.377 e. The second-order valence-electron chi connectivity index (χ2n) is 4.73. The first-order valence-corrected chi connectivity index (χ1v) is 6.36. The number of morpholine rings is 1. The molecule has 1 aromatic rings. The molecule has 1 aromatic carbocycles. The van der Waals surface area contributed by atoms with Gasteiger partial charge in [0.25, 0.3) is 0 Å². The number of hydrogen-bond acceptors (Lipinski definition) is 3. The highest BCUT2D eigenvalue weighted by molar-refractivity contribution is 5.77. The first-order chi connectivity index (χ1) is 8.68. The van der Waals surface area contributed by atoms with E-state index in [-0.39, 0.29) is 18.0 Å². The van der Waals surface area contributed by atoms with Crippen LogP contribution >= 0.6 is 0 Å². The third kappa shape index (κ3) is 3.09. The SMILES string of the molecule is C[C@@H]1COCCN1C(=O)C[C@H](N)c1ccccc1. The quantitative estimate of drug-likeness (QED) is 0.878. The van der Waals surface area contributed by atoms with Gasteiger partial charge in [-0.2, -0.15) is 0 Å². The van der Waals surface area contributed by atoms with Gasteiger partial charge in [-0.3, -0.25) is 4.79 Å². The molecule has 2 rings (SSSR count). The lowest BCUT2D eigenvalue weighted by Crippen LogP contribution is -2.47. The van der Waals surface area contributed by atoms with Crippen molar-refractivity contribution < 1.29 is 9.53 Å². The first kappa shape index (κ1) is 13.1. The molecule has 0 unspecified atom stereocenters. The first-order valence-electron chi connectivity index (χ1n) is 6.36. The maximum Gasteiger partial charge on any atom is 0.224 e. The molecule has 2 atom stereocenters. The van der Waals surface area contributed by atoms with Gasteiger partial charge in [0.05, 0.1) is 19.3 Å². The number of amides is 1. The second-order valence-corrected chi connectivity index (χ2v) is 4.73. The zero-order valence-electron chi connectivity index (χ0n) is 10.7. The van der Waals surface area contributed by atoms with Crippen LogP contribution in [0.15, 0.2) is 30.3 Å². The van der Waals surface area contributed by atoms with Crippen LogP contribution in [0.2, 0.25) is 0 Å². The van der Waals surface area contributed by atoms with Crippen molar-refractivity contribution in [2.45, 2.75) is 25.4 Å². The third-order valence-corrected chi connectivity index (χ3v) is 3.31. The molecule has 0 radical (unpaired) electrons. The maximum atomic E-state index is 12.2. The van der Waals surface area contributed by atoms with E-state index in [9.17, 15) is 4.79 Å². The Morgan fingerprint density at radius 1 is 1.50 bits per heavy atom. The molecule has 4 heteroatoms. The van der Waals surface area contributed by atoms with Crippen LogP contribution in [0.1, 0.15) is 24.9 Å². The van der Waals surface area contributed by atoms with E-state index in [2.05, 4.69) is 0 Å². The predicted molar refractivity (Wildman–Crippen MR) is 70.0 cm³/mol. The summed E-state index contributed by atoms with van der Waals surface area (Å²) in [6.45, 7) is 3.91. The molecule has 18 heavy (non-hydrogen) atoms. The van der Waals surface area contributed by atoms with Gasteiger partial charge in [-0.1, -0.05) is 30.3 Å². The van der Waals surface area contributed by atoms with Gasteiger partial charge in [0.1, 0.15) is 0 Å². The van der Waals surface area contributed by atoms with Crippen LogP contribution in [0.4, 0.5) is 0 Å². The van der Waals surface area contributed by atoms with Crippen molar-refractivity contribution >= 4 is 5.91 Å². The van der Waals surface area contributed by atoms with Gasteiger partial charge in [0.2, 0.25) is 5.91 Å². The number of rotatable bonds is 3. The number of carbonyl (C=O) groups is 1. The minimum Gasteiger partial charge on any atom is -0.377 e. The van der Waals surface area contributed by atoms with Gasteiger partial charge in [-0.15, -0.1) is 0 Å². The van der Waals surface area contributed by atoms with E-state index >= 15 is 0 Å². The minimum atomic E-state index is -0.228. The van der Waals surface area contributed by atoms with E-state index in [0.29, 0.717) is 26.2 Å². The van der Waals surface area contributed by atoms with Crippen molar-refractivity contribution in [2.24, 2.45) is 5.73 Å². The van der Waals surface area contributed by atoms with Crippen LogP contribution < -0.4 is 5.73 Å². The summed E-state index contributed by atoms with van der Waals surface area (Å²) in [6.07, 6.45) is 0.356. The lowest BCUT2D eigenvalue weighted by atomic mass is 10.0. The highest BCUT2D eigenvalue weighted by Gasteiger charge is 2.25. The molecule has 98 valence electrons. The number of benzene rings is 1. The molecular weight excluding hydrogens is 228 g/mol. The van der Waals surface area contributed by atoms with Gasteiger partial charge in [-0.25, -0.2) is 0 Å². The Kier molecular flexibility index (Phi) is 4.33. The monoisotopic (exact) mass is 248 g/mol. The van der Waals surface area contributed by atoms with Crippen LogP contribution in [0, 0.1) is 0 Å². The Morgan fingerprint density at radius 2 is 2.22 bits per heavy atom. The minimum absolute atomic E-state index is 0.113. The summed E-state index contributed by atoms with van der Waals surface area (Å²) in [5.74, 6) is 0.113. The Morgan fingerprint density at radius 3 is 2.89 bits per heavy atom. The van der Waals surface area contributed by atoms with E-state index < -0.39 is 0 Å². The van der Waals surface area contributed by atoms with Crippen LogP contribution in [0.25, 0.3) is 0 Å². The molecule has 0 aliphatic carbocycles. The van der Waals surface area contributed by atoms with E-state index in [4.69, 9.17) is 10.5 Å². The second kappa shape index (κ2) is 5.98. The smallest absolute Gasteiger partial charge is 0.224 e. The molecule has 1 saturated heterocycles. The fourth-order valence-electron chi connectivity index (χ4n) is 2.22. The van der Waals surface area contributed by atoms with Crippen molar-refractivity contribution in [3.8, 4) is 0 Å². The molecule has 1 aliphatic rings. The van der Waals surface area contributed by atoms with Crippen LogP contribution in [-0.2, 0) is 9.53 Å². The lowest BCUT2D eigenvalue weighted by Gasteiger charge is -2.34. The molecule has 1 heterocycles. The van der Waals surface area contributed by atoms with Gasteiger partial charge in [-0.05, 0) is 12.5 Å². The summed E-state index contributed by atoms with van der Waals surface area (Å²) in [5.41, 5.74) is 7.08. The highest BCUT2D eigenvalue weighted by Crippen LogP contribution is 2.16. The lowest BCUT2D eigenvalue weighted by molar-refractivity contribution is -0.139. The van der Waals surface area contributed by atoms with Crippen molar-refractivity contribution in [2.75, 3.05) is 19.8 Å². The van der Waals surface area contributed by atoms with Gasteiger partial charge < -0.3 is 15.4 Å². The molecule has 1 fully saturated rings. The van der Waals surface area contributed by atoms with Crippen molar-refractivity contribution in [1.82, 2.24) is 4.90 Å². The fourth-order valence-corrected chi connectivity index (χ4v) is 2.22. The van der Waals surface area contributed by atoms with Gasteiger partial charge in [0, 0.05) is 19.0 Å². The number of carbonyl (C=O) groups excluding carboxylic acids is 1. The highest BCUT2D eigenvalue weighted by atomic mass is 16.5. The zero-order valence-corrected chi connectivity index (χ0v) is 10.7. The standard InChI is InChI=1S/C14H20N2O2/c1-11-10-18-8-7-16(11)14(17)9-13(15)12-5-3-2-4-6-12/h2-6,11,13H,7-10,15H2,1H3/t11-,13+/m1/s1. The normalized spacial score (nSPS) is 21.7. The number of nitrogens with zero attached hydrogens (tertiary/aromatic N) is 1. The Bertz CT molecular complexity index is 394. The molecule has 0 bridgehead atoms. The summed E-state index contributed by atoms with van der Waals surface area (Å²) < 4.78 is 5.33. The Balaban J connectivity index is 1.94. The summed E-state index contributed by atoms with van der Waals surface area (Å²) in [7, 11) is 0. The molecule has 0 aromatic heterocycles. The Labute approximate surface area is 108 Å². The predicted octanol–water partition coefficient (Wildman–Crippen LogP) is 1.32. The van der Waals surface area contributed by atoms with Crippen LogP contribution in [-0.4, -0.2) is 36.6 Å². The summed E-state index contributed by atoms with van der Waals surface area (Å²) in [5, 5.41) is 0. The average molecular weight is 248 g/mol. The number of hydrogen-bond donors (Lipinski definition) is 1. The molecule has 0 saturated carbocycles. The van der Waals surface area contributed by atoms with Crippen molar-refractivity contribution in [1.29, 1.82) is 0 Å². The van der Waals surface area contributed by atoms with Crippen LogP contribution in [0.5, 0.6) is 0 Å². The molecule has 1 aliphatic heterocycles.